The molecule has 0 aliphatic carbocycles. The number of ether oxygens (including phenoxy) is 1. The van der Waals surface area contributed by atoms with E-state index in [-0.39, 0.29) is 12.1 Å². The minimum absolute atomic E-state index is 0.0167. The quantitative estimate of drug-likeness (QED) is 0.693. The van der Waals surface area contributed by atoms with Gasteiger partial charge in [0.2, 0.25) is 0 Å². The molecule has 0 N–H and O–H groups in total. The van der Waals surface area contributed by atoms with Gasteiger partial charge in [0, 0.05) is 31.6 Å². The highest BCUT2D eigenvalue weighted by molar-refractivity contribution is 7.99. The first-order valence-electron chi connectivity index (χ1n) is 7.99. The molecule has 1 saturated heterocycles. The molecule has 0 bridgehead atoms. The Bertz CT molecular complexity index is 676. The number of halogens is 3. The van der Waals surface area contributed by atoms with Crippen molar-refractivity contribution in [3.05, 3.63) is 17.8 Å². The second-order valence-electron chi connectivity index (χ2n) is 7.13. The maximum Gasteiger partial charge on any atom is 0.417 e. The molecule has 2 aliphatic heterocycles. The Hall–Kier alpha value is -1.64. The van der Waals surface area contributed by atoms with Crippen molar-refractivity contribution in [1.82, 2.24) is 9.88 Å². The number of piperazine rings is 1. The third-order valence-corrected chi connectivity index (χ3v) is 5.16. The number of anilines is 1. The van der Waals surface area contributed by atoms with Crippen LogP contribution in [0.2, 0.25) is 0 Å². The van der Waals surface area contributed by atoms with Gasteiger partial charge in [-0.05, 0) is 26.8 Å². The highest BCUT2D eigenvalue weighted by Crippen LogP contribution is 2.40. The summed E-state index contributed by atoms with van der Waals surface area (Å²) in [4.78, 5) is 20.5. The van der Waals surface area contributed by atoms with E-state index in [1.54, 1.807) is 4.90 Å². The van der Waals surface area contributed by atoms with E-state index in [0.29, 0.717) is 36.1 Å². The Kier molecular flexibility index (Phi) is 4.55. The Labute approximate surface area is 148 Å². The summed E-state index contributed by atoms with van der Waals surface area (Å²) in [7, 11) is 0. The van der Waals surface area contributed by atoms with E-state index < -0.39 is 17.3 Å². The summed E-state index contributed by atoms with van der Waals surface area (Å²) in [5.74, 6) is 1.17. The number of fused-ring (bicyclic) bond motifs is 3. The molecule has 0 unspecified atom stereocenters. The van der Waals surface area contributed by atoms with Gasteiger partial charge < -0.3 is 14.5 Å². The number of amides is 1. The molecule has 1 aromatic rings. The molecule has 3 heterocycles. The molecule has 9 heteroatoms. The average molecular weight is 375 g/mol. The fourth-order valence-electron chi connectivity index (χ4n) is 2.87. The second kappa shape index (κ2) is 6.26. The number of pyridine rings is 1. The van der Waals surface area contributed by atoms with Crippen molar-refractivity contribution in [2.45, 2.75) is 43.5 Å². The topological polar surface area (TPSA) is 45.7 Å². The Balaban J connectivity index is 1.74. The third kappa shape index (κ3) is 3.96. The summed E-state index contributed by atoms with van der Waals surface area (Å²) in [6.45, 7) is 6.90. The molecule has 1 fully saturated rings. The summed E-state index contributed by atoms with van der Waals surface area (Å²) in [5, 5.41) is 0. The Morgan fingerprint density at radius 1 is 1.32 bits per heavy atom. The molecule has 0 spiro atoms. The van der Waals surface area contributed by atoms with Crippen molar-refractivity contribution in [2.24, 2.45) is 0 Å². The average Bonchev–Trinajstić information content (AvgIpc) is 2.51. The standard InChI is InChI=1S/C16H20F3N3O2S/c1-15(2,3)24-14(23)21-4-5-22-11(8-21)9-25-12-6-10(16(17,18)19)7-20-13(12)22/h6-7,11H,4-5,8-9H2,1-3H3/t11-/m1/s1. The predicted molar refractivity (Wildman–Crippen MR) is 88.9 cm³/mol. The molecule has 1 atom stereocenters. The number of rotatable bonds is 0. The van der Waals surface area contributed by atoms with Crippen LogP contribution in [-0.4, -0.2) is 53.0 Å². The van der Waals surface area contributed by atoms with Gasteiger partial charge in [0.15, 0.2) is 0 Å². The summed E-state index contributed by atoms with van der Waals surface area (Å²) in [5.41, 5.74) is -1.29. The number of hydrogen-bond acceptors (Lipinski definition) is 5. The van der Waals surface area contributed by atoms with Gasteiger partial charge in [-0.1, -0.05) is 0 Å². The zero-order valence-corrected chi connectivity index (χ0v) is 15.1. The van der Waals surface area contributed by atoms with Gasteiger partial charge in [0.05, 0.1) is 16.5 Å². The van der Waals surface area contributed by atoms with Crippen molar-refractivity contribution < 1.29 is 22.7 Å². The van der Waals surface area contributed by atoms with Crippen LogP contribution in [-0.2, 0) is 10.9 Å². The number of aromatic nitrogens is 1. The Morgan fingerprint density at radius 2 is 2.04 bits per heavy atom. The summed E-state index contributed by atoms with van der Waals surface area (Å²) in [6.07, 6.45) is -3.88. The molecular weight excluding hydrogens is 355 g/mol. The molecule has 2 aliphatic rings. The summed E-state index contributed by atoms with van der Waals surface area (Å²) < 4.78 is 43.9. The van der Waals surface area contributed by atoms with Crippen LogP contribution in [0.1, 0.15) is 26.3 Å². The number of carbonyl (C=O) groups is 1. The normalized spacial score (nSPS) is 20.8. The summed E-state index contributed by atoms with van der Waals surface area (Å²) in [6, 6.07) is 1.17. The van der Waals surface area contributed by atoms with E-state index in [0.717, 1.165) is 12.3 Å². The van der Waals surface area contributed by atoms with Crippen LogP contribution in [0.15, 0.2) is 17.2 Å². The van der Waals surface area contributed by atoms with E-state index in [2.05, 4.69) is 4.98 Å². The van der Waals surface area contributed by atoms with Crippen molar-refractivity contribution >= 4 is 23.7 Å². The van der Waals surface area contributed by atoms with Crippen molar-refractivity contribution in [2.75, 3.05) is 30.3 Å². The fraction of sp³-hybridized carbons (Fsp3) is 0.625. The van der Waals surface area contributed by atoms with E-state index in [1.807, 2.05) is 25.7 Å². The lowest BCUT2D eigenvalue weighted by Crippen LogP contribution is -2.57. The molecule has 1 amide bonds. The highest BCUT2D eigenvalue weighted by atomic mass is 32.2. The lowest BCUT2D eigenvalue weighted by molar-refractivity contribution is -0.138. The maximum absolute atomic E-state index is 12.8. The number of nitrogens with zero attached hydrogens (tertiary/aromatic N) is 3. The lowest BCUT2D eigenvalue weighted by Gasteiger charge is -2.44. The van der Waals surface area contributed by atoms with Gasteiger partial charge in [-0.2, -0.15) is 13.2 Å². The third-order valence-electron chi connectivity index (χ3n) is 4.00. The van der Waals surface area contributed by atoms with E-state index in [9.17, 15) is 18.0 Å². The van der Waals surface area contributed by atoms with Gasteiger partial charge in [-0.15, -0.1) is 11.8 Å². The van der Waals surface area contributed by atoms with Gasteiger partial charge in [0.25, 0.3) is 0 Å². The van der Waals surface area contributed by atoms with Gasteiger partial charge in [-0.25, -0.2) is 9.78 Å². The molecule has 1 aromatic heterocycles. The molecular formula is C16H20F3N3O2S. The smallest absolute Gasteiger partial charge is 0.417 e. The van der Waals surface area contributed by atoms with Gasteiger partial charge in [0.1, 0.15) is 11.4 Å². The minimum atomic E-state index is -4.39. The van der Waals surface area contributed by atoms with Crippen LogP contribution >= 0.6 is 11.8 Å². The zero-order valence-electron chi connectivity index (χ0n) is 14.3. The fourth-order valence-corrected chi connectivity index (χ4v) is 4.04. The number of carbonyl (C=O) groups excluding carboxylic acids is 1. The highest BCUT2D eigenvalue weighted by Gasteiger charge is 2.38. The molecule has 3 rings (SSSR count). The molecule has 0 radical (unpaired) electrons. The van der Waals surface area contributed by atoms with E-state index >= 15 is 0 Å². The Morgan fingerprint density at radius 3 is 2.68 bits per heavy atom. The van der Waals surface area contributed by atoms with Crippen LogP contribution in [0.25, 0.3) is 0 Å². The molecule has 138 valence electrons. The predicted octanol–water partition coefficient (Wildman–Crippen LogP) is 3.63. The van der Waals surface area contributed by atoms with Gasteiger partial charge in [-0.3, -0.25) is 0 Å². The zero-order chi connectivity index (χ0) is 18.4. The first-order valence-corrected chi connectivity index (χ1v) is 8.98. The van der Waals surface area contributed by atoms with Crippen molar-refractivity contribution in [3.8, 4) is 0 Å². The van der Waals surface area contributed by atoms with E-state index in [1.165, 1.54) is 11.8 Å². The van der Waals surface area contributed by atoms with Crippen LogP contribution < -0.4 is 4.90 Å². The minimum Gasteiger partial charge on any atom is -0.444 e. The SMILES string of the molecule is CC(C)(C)OC(=O)N1CCN2c3ncc(C(F)(F)F)cc3SC[C@H]2C1. The molecule has 0 saturated carbocycles. The summed E-state index contributed by atoms with van der Waals surface area (Å²) >= 11 is 1.35. The van der Waals surface area contributed by atoms with E-state index in [4.69, 9.17) is 4.74 Å². The van der Waals surface area contributed by atoms with Crippen LogP contribution in [0.4, 0.5) is 23.8 Å². The lowest BCUT2D eigenvalue weighted by atomic mass is 10.1. The van der Waals surface area contributed by atoms with Crippen molar-refractivity contribution in [3.63, 3.8) is 0 Å². The molecule has 25 heavy (non-hydrogen) atoms. The van der Waals surface area contributed by atoms with Crippen LogP contribution in [0.3, 0.4) is 0 Å². The number of alkyl halides is 3. The maximum atomic E-state index is 12.8. The van der Waals surface area contributed by atoms with Crippen LogP contribution in [0, 0.1) is 0 Å². The number of thioether (sulfide) groups is 1. The largest absolute Gasteiger partial charge is 0.444 e. The van der Waals surface area contributed by atoms with Gasteiger partial charge >= 0.3 is 12.3 Å². The van der Waals surface area contributed by atoms with Crippen LogP contribution in [0.5, 0.6) is 0 Å². The monoisotopic (exact) mass is 375 g/mol. The molecule has 5 nitrogen and oxygen atoms in total. The first-order chi connectivity index (χ1) is 11.5. The number of hydrogen-bond donors (Lipinski definition) is 0. The van der Waals surface area contributed by atoms with Crippen molar-refractivity contribution in [1.29, 1.82) is 0 Å². The second-order valence-corrected chi connectivity index (χ2v) is 8.19. The first kappa shape index (κ1) is 18.2. The molecule has 0 aromatic carbocycles.